The molecule has 1 heteroatoms. The maximum absolute atomic E-state index is 4.67. The van der Waals surface area contributed by atoms with Crippen LogP contribution < -0.4 is 0 Å². The van der Waals surface area contributed by atoms with Crippen molar-refractivity contribution in [2.75, 3.05) is 6.54 Å². The van der Waals surface area contributed by atoms with Crippen LogP contribution >= 0.6 is 0 Å². The number of rotatable bonds is 0. The van der Waals surface area contributed by atoms with Gasteiger partial charge in [0.1, 0.15) is 0 Å². The molecular formula is C15H15N. The lowest BCUT2D eigenvalue weighted by atomic mass is 9.85. The molecule has 0 unspecified atom stereocenters. The molecule has 1 nitrogen and oxygen atoms in total. The Morgan fingerprint density at radius 2 is 1.75 bits per heavy atom. The average molecular weight is 209 g/mol. The third-order valence-electron chi connectivity index (χ3n) is 3.28. The van der Waals surface area contributed by atoms with Crippen molar-refractivity contribution in [2.24, 2.45) is 4.99 Å². The summed E-state index contributed by atoms with van der Waals surface area (Å²) in [7, 11) is 0. The van der Waals surface area contributed by atoms with Crippen LogP contribution in [0.5, 0.6) is 0 Å². The highest BCUT2D eigenvalue weighted by molar-refractivity contribution is 6.03. The van der Waals surface area contributed by atoms with Gasteiger partial charge in [0.25, 0.3) is 0 Å². The fourth-order valence-electron chi connectivity index (χ4n) is 2.47. The number of nitrogens with zero attached hydrogens (tertiary/aromatic N) is 1. The van der Waals surface area contributed by atoms with Gasteiger partial charge in [-0.1, -0.05) is 42.5 Å². The molecule has 0 N–H and O–H groups in total. The molecule has 16 heavy (non-hydrogen) atoms. The largest absolute Gasteiger partial charge is 0.285 e. The molecule has 0 atom stereocenters. The molecule has 3 rings (SSSR count). The van der Waals surface area contributed by atoms with Crippen molar-refractivity contribution in [3.63, 3.8) is 0 Å². The summed E-state index contributed by atoms with van der Waals surface area (Å²) in [6.07, 6.45) is 18.6. The Bertz CT molecular complexity index is 482. The highest BCUT2D eigenvalue weighted by atomic mass is 14.7. The van der Waals surface area contributed by atoms with Gasteiger partial charge in [-0.3, -0.25) is 4.99 Å². The molecule has 1 heterocycles. The predicted octanol–water partition coefficient (Wildman–Crippen LogP) is 3.53. The van der Waals surface area contributed by atoms with Gasteiger partial charge < -0.3 is 0 Å². The highest BCUT2D eigenvalue weighted by Gasteiger charge is 2.17. The van der Waals surface area contributed by atoms with Crippen molar-refractivity contribution >= 4 is 5.71 Å². The van der Waals surface area contributed by atoms with E-state index in [1.54, 1.807) is 0 Å². The van der Waals surface area contributed by atoms with E-state index in [1.807, 2.05) is 0 Å². The van der Waals surface area contributed by atoms with Crippen LogP contribution in [0.25, 0.3) is 0 Å². The van der Waals surface area contributed by atoms with Gasteiger partial charge in [0.05, 0.1) is 6.54 Å². The molecule has 80 valence electrons. The highest BCUT2D eigenvalue weighted by Crippen LogP contribution is 2.30. The normalized spacial score (nSPS) is 27.5. The summed E-state index contributed by atoms with van der Waals surface area (Å²) in [6.45, 7) is 0.820. The van der Waals surface area contributed by atoms with Crippen molar-refractivity contribution in [3.05, 3.63) is 59.3 Å². The number of hydrogen-bond acceptors (Lipinski definition) is 1. The topological polar surface area (TPSA) is 12.4 Å². The first-order valence-electron chi connectivity index (χ1n) is 5.89. The summed E-state index contributed by atoms with van der Waals surface area (Å²) >= 11 is 0. The van der Waals surface area contributed by atoms with Gasteiger partial charge >= 0.3 is 0 Å². The second-order valence-corrected chi connectivity index (χ2v) is 4.28. The summed E-state index contributed by atoms with van der Waals surface area (Å²) in [4.78, 5) is 4.67. The molecular weight excluding hydrogens is 194 g/mol. The smallest absolute Gasteiger partial charge is 0.0577 e. The standard InChI is InChI=1S/C15H15N/c1-2-8-13-12(6-1)7-5-11-16-15-10-4-3-9-14(13)15/h1-7H,8-11H2/b7-5?,14-13-,16-15?. The molecule has 0 fully saturated rings. The van der Waals surface area contributed by atoms with Gasteiger partial charge in [-0.25, -0.2) is 0 Å². The molecule has 1 aliphatic heterocycles. The van der Waals surface area contributed by atoms with Crippen molar-refractivity contribution in [3.8, 4) is 0 Å². The first-order valence-corrected chi connectivity index (χ1v) is 5.89. The van der Waals surface area contributed by atoms with Crippen molar-refractivity contribution in [2.45, 2.75) is 19.3 Å². The number of fused-ring (bicyclic) bond motifs is 2. The van der Waals surface area contributed by atoms with Crippen molar-refractivity contribution < 1.29 is 0 Å². The van der Waals surface area contributed by atoms with Crippen LogP contribution in [0.4, 0.5) is 0 Å². The van der Waals surface area contributed by atoms with Crippen LogP contribution in [0.2, 0.25) is 0 Å². The summed E-state index contributed by atoms with van der Waals surface area (Å²) in [5.41, 5.74) is 5.60. The molecule has 0 spiro atoms. The van der Waals surface area contributed by atoms with Gasteiger partial charge in [0.15, 0.2) is 0 Å². The van der Waals surface area contributed by atoms with E-state index >= 15 is 0 Å². The first kappa shape index (κ1) is 9.59. The van der Waals surface area contributed by atoms with Crippen LogP contribution in [-0.2, 0) is 0 Å². The minimum atomic E-state index is 0.820. The van der Waals surface area contributed by atoms with Crippen LogP contribution in [0.3, 0.4) is 0 Å². The maximum Gasteiger partial charge on any atom is 0.0577 e. The fourth-order valence-corrected chi connectivity index (χ4v) is 2.47. The Balaban J connectivity index is 2.16. The van der Waals surface area contributed by atoms with E-state index in [4.69, 9.17) is 0 Å². The zero-order valence-electron chi connectivity index (χ0n) is 9.32. The number of allylic oxidation sites excluding steroid dienone is 9. The Hall–Kier alpha value is -1.63. The van der Waals surface area contributed by atoms with Crippen LogP contribution in [0.15, 0.2) is 64.2 Å². The van der Waals surface area contributed by atoms with Gasteiger partial charge in [0, 0.05) is 12.1 Å². The Morgan fingerprint density at radius 1 is 0.875 bits per heavy atom. The third kappa shape index (κ3) is 1.63. The van der Waals surface area contributed by atoms with Gasteiger partial charge in [0.2, 0.25) is 0 Å². The maximum atomic E-state index is 4.67. The quantitative estimate of drug-likeness (QED) is 0.541. The second kappa shape index (κ2) is 4.09. The SMILES string of the molecule is C1=CC/C2=C3\CC=CCC3=NCC=CC2=C1. The minimum absolute atomic E-state index is 0.820. The van der Waals surface area contributed by atoms with Gasteiger partial charge in [-0.2, -0.15) is 0 Å². The van der Waals surface area contributed by atoms with Crippen molar-refractivity contribution in [1.82, 2.24) is 0 Å². The Labute approximate surface area is 96.3 Å². The average Bonchev–Trinajstić information content (AvgIpc) is 2.33. The van der Waals surface area contributed by atoms with E-state index in [-0.39, 0.29) is 0 Å². The van der Waals surface area contributed by atoms with E-state index in [0.29, 0.717) is 0 Å². The molecule has 0 radical (unpaired) electrons. The lowest BCUT2D eigenvalue weighted by Gasteiger charge is -2.21. The lowest BCUT2D eigenvalue weighted by molar-refractivity contribution is 1.07. The van der Waals surface area contributed by atoms with Crippen LogP contribution in [-0.4, -0.2) is 12.3 Å². The lowest BCUT2D eigenvalue weighted by Crippen LogP contribution is -2.12. The fraction of sp³-hybridized carbons (Fsp3) is 0.267. The Kier molecular flexibility index (Phi) is 2.45. The first-order chi connectivity index (χ1) is 7.95. The number of hydrogen-bond donors (Lipinski definition) is 0. The van der Waals surface area contributed by atoms with E-state index < -0.39 is 0 Å². The Morgan fingerprint density at radius 3 is 2.75 bits per heavy atom. The van der Waals surface area contributed by atoms with Gasteiger partial charge in [-0.15, -0.1) is 0 Å². The second-order valence-electron chi connectivity index (χ2n) is 4.28. The van der Waals surface area contributed by atoms with E-state index in [1.165, 1.54) is 22.4 Å². The molecule has 0 saturated heterocycles. The minimum Gasteiger partial charge on any atom is -0.285 e. The molecule has 0 aromatic rings. The molecule has 3 aliphatic rings. The number of aliphatic imine (C=N–C) groups is 1. The van der Waals surface area contributed by atoms with Crippen LogP contribution in [0, 0.1) is 0 Å². The monoisotopic (exact) mass is 209 g/mol. The molecule has 0 saturated carbocycles. The molecule has 2 aliphatic carbocycles. The molecule has 0 bridgehead atoms. The van der Waals surface area contributed by atoms with Gasteiger partial charge in [-0.05, 0) is 29.6 Å². The van der Waals surface area contributed by atoms with E-state index in [2.05, 4.69) is 47.5 Å². The third-order valence-corrected chi connectivity index (χ3v) is 3.28. The van der Waals surface area contributed by atoms with E-state index in [9.17, 15) is 0 Å². The summed E-state index contributed by atoms with van der Waals surface area (Å²) in [5, 5.41) is 0. The zero-order chi connectivity index (χ0) is 10.8. The molecule has 0 aromatic heterocycles. The molecule has 0 amide bonds. The molecule has 0 aromatic carbocycles. The van der Waals surface area contributed by atoms with Crippen LogP contribution in [0.1, 0.15) is 19.3 Å². The summed E-state index contributed by atoms with van der Waals surface area (Å²) in [6, 6.07) is 0. The predicted molar refractivity (Wildman–Crippen MR) is 68.7 cm³/mol. The summed E-state index contributed by atoms with van der Waals surface area (Å²) < 4.78 is 0. The van der Waals surface area contributed by atoms with E-state index in [0.717, 1.165) is 25.8 Å². The zero-order valence-corrected chi connectivity index (χ0v) is 9.32. The van der Waals surface area contributed by atoms with Crippen molar-refractivity contribution in [1.29, 1.82) is 0 Å². The summed E-state index contributed by atoms with van der Waals surface area (Å²) in [5.74, 6) is 0.